The highest BCUT2D eigenvalue weighted by Crippen LogP contribution is 2.19. The van der Waals surface area contributed by atoms with E-state index in [1.54, 1.807) is 0 Å². The SMILES string of the molecule is CC1CCCN1Cc1cccc(C#CCCO)c1. The fourth-order valence-corrected chi connectivity index (χ4v) is 2.43. The Balaban J connectivity index is 2.01. The Labute approximate surface area is 110 Å². The maximum absolute atomic E-state index is 8.71. The fraction of sp³-hybridized carbons (Fsp3) is 0.500. The molecule has 1 N–H and O–H groups in total. The maximum atomic E-state index is 8.71. The summed E-state index contributed by atoms with van der Waals surface area (Å²) in [5.41, 5.74) is 2.38. The molecule has 1 atom stereocenters. The Morgan fingerprint density at radius 3 is 3.06 bits per heavy atom. The van der Waals surface area contributed by atoms with Gasteiger partial charge < -0.3 is 5.11 Å². The van der Waals surface area contributed by atoms with Crippen molar-refractivity contribution in [3.8, 4) is 11.8 Å². The van der Waals surface area contributed by atoms with Crippen LogP contribution < -0.4 is 0 Å². The van der Waals surface area contributed by atoms with Gasteiger partial charge in [-0.15, -0.1) is 0 Å². The first kappa shape index (κ1) is 13.1. The van der Waals surface area contributed by atoms with Crippen LogP contribution in [0.1, 0.15) is 37.3 Å². The predicted molar refractivity (Wildman–Crippen MR) is 74.1 cm³/mol. The summed E-state index contributed by atoms with van der Waals surface area (Å²) in [7, 11) is 0. The second-order valence-electron chi connectivity index (χ2n) is 4.94. The van der Waals surface area contributed by atoms with E-state index in [9.17, 15) is 0 Å². The lowest BCUT2D eigenvalue weighted by atomic mass is 10.1. The Hall–Kier alpha value is -1.30. The van der Waals surface area contributed by atoms with Crippen molar-refractivity contribution >= 4 is 0 Å². The number of nitrogens with zero attached hydrogens (tertiary/aromatic N) is 1. The molecule has 0 aromatic heterocycles. The van der Waals surface area contributed by atoms with E-state index in [0.29, 0.717) is 12.5 Å². The molecule has 0 saturated carbocycles. The first-order valence-electron chi connectivity index (χ1n) is 6.72. The minimum atomic E-state index is 0.137. The molecular formula is C16H21NO. The lowest BCUT2D eigenvalue weighted by Crippen LogP contribution is -2.26. The average molecular weight is 243 g/mol. The van der Waals surface area contributed by atoms with Gasteiger partial charge in [-0.1, -0.05) is 24.0 Å². The molecule has 1 aliphatic rings. The molecule has 0 radical (unpaired) electrons. The zero-order chi connectivity index (χ0) is 12.8. The Morgan fingerprint density at radius 1 is 1.44 bits per heavy atom. The summed E-state index contributed by atoms with van der Waals surface area (Å²) in [6, 6.07) is 9.13. The van der Waals surface area contributed by atoms with Crippen molar-refractivity contribution in [1.82, 2.24) is 4.90 Å². The van der Waals surface area contributed by atoms with E-state index >= 15 is 0 Å². The minimum Gasteiger partial charge on any atom is -0.395 e. The van der Waals surface area contributed by atoms with Crippen LogP contribution in [-0.4, -0.2) is 29.2 Å². The molecule has 0 spiro atoms. The Morgan fingerprint density at radius 2 is 2.33 bits per heavy atom. The van der Waals surface area contributed by atoms with E-state index in [1.165, 1.54) is 24.9 Å². The summed E-state index contributed by atoms with van der Waals surface area (Å²) in [4.78, 5) is 2.53. The van der Waals surface area contributed by atoms with E-state index in [2.05, 4.69) is 41.9 Å². The zero-order valence-corrected chi connectivity index (χ0v) is 11.0. The van der Waals surface area contributed by atoms with Crippen LogP contribution in [0.4, 0.5) is 0 Å². The molecular weight excluding hydrogens is 222 g/mol. The lowest BCUT2D eigenvalue weighted by molar-refractivity contribution is 0.260. The second kappa shape index (κ2) is 6.58. The Bertz CT molecular complexity index is 444. The van der Waals surface area contributed by atoms with Crippen molar-refractivity contribution in [1.29, 1.82) is 0 Å². The standard InChI is InChI=1S/C16H21NO/c1-14-6-5-10-17(14)13-16-9-4-8-15(12-16)7-2-3-11-18/h4,8-9,12,14,18H,3,5-6,10-11,13H2,1H3. The molecule has 1 unspecified atom stereocenters. The third kappa shape index (κ3) is 3.60. The molecule has 1 fully saturated rings. The van der Waals surface area contributed by atoms with Gasteiger partial charge in [0, 0.05) is 24.6 Å². The lowest BCUT2D eigenvalue weighted by Gasteiger charge is -2.20. The topological polar surface area (TPSA) is 23.5 Å². The molecule has 2 heteroatoms. The molecule has 1 saturated heterocycles. The minimum absolute atomic E-state index is 0.137. The second-order valence-corrected chi connectivity index (χ2v) is 4.94. The molecule has 1 aromatic carbocycles. The van der Waals surface area contributed by atoms with E-state index < -0.39 is 0 Å². The summed E-state index contributed by atoms with van der Waals surface area (Å²) in [6.45, 7) is 4.67. The summed E-state index contributed by atoms with van der Waals surface area (Å²) >= 11 is 0. The highest BCUT2D eigenvalue weighted by Gasteiger charge is 2.19. The van der Waals surface area contributed by atoms with Crippen LogP contribution in [0.25, 0.3) is 0 Å². The number of aliphatic hydroxyl groups excluding tert-OH is 1. The van der Waals surface area contributed by atoms with Crippen LogP contribution in [0, 0.1) is 11.8 Å². The predicted octanol–water partition coefficient (Wildman–Crippen LogP) is 2.40. The van der Waals surface area contributed by atoms with Gasteiger partial charge in [0.1, 0.15) is 0 Å². The molecule has 96 valence electrons. The van der Waals surface area contributed by atoms with Gasteiger partial charge in [0.2, 0.25) is 0 Å². The number of rotatable bonds is 3. The van der Waals surface area contributed by atoms with Gasteiger partial charge in [0.15, 0.2) is 0 Å². The number of benzene rings is 1. The van der Waals surface area contributed by atoms with Crippen molar-refractivity contribution in [2.45, 2.75) is 38.8 Å². The van der Waals surface area contributed by atoms with Gasteiger partial charge >= 0.3 is 0 Å². The molecule has 1 heterocycles. The van der Waals surface area contributed by atoms with E-state index in [4.69, 9.17) is 5.11 Å². The molecule has 18 heavy (non-hydrogen) atoms. The van der Waals surface area contributed by atoms with Gasteiger partial charge in [0.25, 0.3) is 0 Å². The molecule has 2 nitrogen and oxygen atoms in total. The van der Waals surface area contributed by atoms with Gasteiger partial charge in [-0.05, 0) is 44.0 Å². The molecule has 1 aliphatic heterocycles. The van der Waals surface area contributed by atoms with Crippen molar-refractivity contribution < 1.29 is 5.11 Å². The van der Waals surface area contributed by atoms with Gasteiger partial charge in [-0.25, -0.2) is 0 Å². The van der Waals surface area contributed by atoms with Crippen molar-refractivity contribution in [2.24, 2.45) is 0 Å². The molecule has 0 amide bonds. The van der Waals surface area contributed by atoms with Crippen molar-refractivity contribution in [3.63, 3.8) is 0 Å². The highest BCUT2D eigenvalue weighted by molar-refractivity contribution is 5.37. The zero-order valence-electron chi connectivity index (χ0n) is 11.0. The smallest absolute Gasteiger partial charge is 0.0540 e. The Kier molecular flexibility index (Phi) is 4.81. The number of hydrogen-bond donors (Lipinski definition) is 1. The van der Waals surface area contributed by atoms with Crippen LogP contribution in [-0.2, 0) is 6.54 Å². The van der Waals surface area contributed by atoms with Crippen molar-refractivity contribution in [2.75, 3.05) is 13.2 Å². The normalized spacial score (nSPS) is 19.6. The van der Waals surface area contributed by atoms with Crippen molar-refractivity contribution in [3.05, 3.63) is 35.4 Å². The highest BCUT2D eigenvalue weighted by atomic mass is 16.2. The van der Waals surface area contributed by atoms with Crippen LogP contribution in [0.3, 0.4) is 0 Å². The third-order valence-corrected chi connectivity index (χ3v) is 3.47. The number of likely N-dealkylation sites (tertiary alicyclic amines) is 1. The first-order chi connectivity index (χ1) is 8.79. The summed E-state index contributed by atoms with van der Waals surface area (Å²) in [6.07, 6.45) is 3.18. The van der Waals surface area contributed by atoms with Crippen LogP contribution in [0.5, 0.6) is 0 Å². The molecule has 0 aliphatic carbocycles. The summed E-state index contributed by atoms with van der Waals surface area (Å²) < 4.78 is 0. The van der Waals surface area contributed by atoms with Gasteiger partial charge in [-0.2, -0.15) is 0 Å². The maximum Gasteiger partial charge on any atom is 0.0540 e. The van der Waals surface area contributed by atoms with Crippen LogP contribution >= 0.6 is 0 Å². The molecule has 1 aromatic rings. The number of aliphatic hydroxyl groups is 1. The molecule has 0 bridgehead atoms. The van der Waals surface area contributed by atoms with Gasteiger partial charge in [0.05, 0.1) is 6.61 Å². The fourth-order valence-electron chi connectivity index (χ4n) is 2.43. The molecule has 2 rings (SSSR count). The largest absolute Gasteiger partial charge is 0.395 e. The monoisotopic (exact) mass is 243 g/mol. The average Bonchev–Trinajstić information content (AvgIpc) is 2.76. The summed E-state index contributed by atoms with van der Waals surface area (Å²) in [5.74, 6) is 6.06. The first-order valence-corrected chi connectivity index (χ1v) is 6.72. The van der Waals surface area contributed by atoms with Crippen LogP contribution in [0.2, 0.25) is 0 Å². The quantitative estimate of drug-likeness (QED) is 0.824. The third-order valence-electron chi connectivity index (χ3n) is 3.47. The number of hydrogen-bond acceptors (Lipinski definition) is 2. The van der Waals surface area contributed by atoms with E-state index in [0.717, 1.165) is 12.1 Å². The van der Waals surface area contributed by atoms with E-state index in [1.807, 2.05) is 6.07 Å². The van der Waals surface area contributed by atoms with Crippen LogP contribution in [0.15, 0.2) is 24.3 Å². The summed E-state index contributed by atoms with van der Waals surface area (Å²) in [5, 5.41) is 8.71. The van der Waals surface area contributed by atoms with E-state index in [-0.39, 0.29) is 6.61 Å². The van der Waals surface area contributed by atoms with Gasteiger partial charge in [-0.3, -0.25) is 4.90 Å².